The van der Waals surface area contributed by atoms with Crippen LogP contribution in [0.2, 0.25) is 0 Å². The van der Waals surface area contributed by atoms with Crippen LogP contribution < -0.4 is 5.32 Å². The van der Waals surface area contributed by atoms with Crippen molar-refractivity contribution in [3.8, 4) is 0 Å². The Kier molecular flexibility index (Phi) is 3.60. The highest BCUT2D eigenvalue weighted by Gasteiger charge is 2.28. The number of nitrogens with zero attached hydrogens (tertiary/aromatic N) is 1. The number of amides is 2. The third-order valence-corrected chi connectivity index (χ3v) is 2.16. The highest BCUT2D eigenvalue weighted by atomic mass is 19.4. The average molecular weight is 222 g/mol. The van der Waals surface area contributed by atoms with Gasteiger partial charge >= 0.3 is 12.2 Å². The number of hydrogen-bond acceptors (Lipinski definition) is 1. The Hall–Kier alpha value is -1.20. The van der Waals surface area contributed by atoms with E-state index in [1.165, 1.54) is 4.90 Å². The minimum atomic E-state index is -4.35. The molecule has 0 saturated heterocycles. The fourth-order valence-corrected chi connectivity index (χ4v) is 1.24. The van der Waals surface area contributed by atoms with Gasteiger partial charge in [0.25, 0.3) is 0 Å². The molecule has 0 fully saturated rings. The van der Waals surface area contributed by atoms with Gasteiger partial charge in [-0.1, -0.05) is 11.6 Å². The number of nitrogens with one attached hydrogen (secondary N) is 1. The van der Waals surface area contributed by atoms with Crippen molar-refractivity contribution in [2.24, 2.45) is 0 Å². The van der Waals surface area contributed by atoms with Gasteiger partial charge in [-0.2, -0.15) is 13.2 Å². The van der Waals surface area contributed by atoms with Crippen molar-refractivity contribution in [3.63, 3.8) is 0 Å². The Balaban J connectivity index is 2.36. The average Bonchev–Trinajstić information content (AvgIpc) is 2.14. The summed E-state index contributed by atoms with van der Waals surface area (Å²) in [6.07, 6.45) is -1.78. The molecule has 0 spiro atoms. The molecular formula is C9H13F3N2O. The molecule has 0 aromatic rings. The molecular weight excluding hydrogens is 209 g/mol. The van der Waals surface area contributed by atoms with Crippen molar-refractivity contribution in [1.29, 1.82) is 0 Å². The van der Waals surface area contributed by atoms with E-state index in [0.29, 0.717) is 13.1 Å². The van der Waals surface area contributed by atoms with Gasteiger partial charge in [0.15, 0.2) is 0 Å². The monoisotopic (exact) mass is 222 g/mol. The van der Waals surface area contributed by atoms with Gasteiger partial charge in [-0.05, 0) is 13.3 Å². The Bertz CT molecular complexity index is 273. The van der Waals surface area contributed by atoms with Crippen LogP contribution in [0.5, 0.6) is 0 Å². The molecule has 0 aromatic carbocycles. The summed E-state index contributed by atoms with van der Waals surface area (Å²) in [5.41, 5.74) is 1.16. The summed E-state index contributed by atoms with van der Waals surface area (Å²) in [5, 5.41) is 1.84. The van der Waals surface area contributed by atoms with E-state index >= 15 is 0 Å². The lowest BCUT2D eigenvalue weighted by Gasteiger charge is -2.25. The highest BCUT2D eigenvalue weighted by Crippen LogP contribution is 2.13. The maximum atomic E-state index is 11.8. The fraction of sp³-hybridized carbons (Fsp3) is 0.667. The predicted molar refractivity (Wildman–Crippen MR) is 49.4 cm³/mol. The summed E-state index contributed by atoms with van der Waals surface area (Å²) in [7, 11) is 0. The Morgan fingerprint density at radius 1 is 1.60 bits per heavy atom. The van der Waals surface area contributed by atoms with Crippen molar-refractivity contribution in [3.05, 3.63) is 11.6 Å². The van der Waals surface area contributed by atoms with Crippen LogP contribution in [-0.4, -0.2) is 36.7 Å². The van der Waals surface area contributed by atoms with Crippen LogP contribution in [0.25, 0.3) is 0 Å². The number of carbonyl (C=O) groups excluding carboxylic acids is 1. The van der Waals surface area contributed by atoms with E-state index in [1.807, 2.05) is 18.3 Å². The van der Waals surface area contributed by atoms with E-state index in [-0.39, 0.29) is 0 Å². The van der Waals surface area contributed by atoms with Crippen LogP contribution in [0, 0.1) is 0 Å². The molecule has 0 aliphatic carbocycles. The summed E-state index contributed by atoms with van der Waals surface area (Å²) in [6.45, 7) is 1.53. The molecule has 0 atom stereocenters. The Morgan fingerprint density at radius 2 is 2.27 bits per heavy atom. The maximum absolute atomic E-state index is 11.8. The minimum absolute atomic E-state index is 0.384. The van der Waals surface area contributed by atoms with Gasteiger partial charge in [0.05, 0.1) is 0 Å². The second kappa shape index (κ2) is 4.55. The Morgan fingerprint density at radius 3 is 2.73 bits per heavy atom. The van der Waals surface area contributed by atoms with Gasteiger partial charge in [0.2, 0.25) is 0 Å². The number of halogens is 3. The van der Waals surface area contributed by atoms with Crippen LogP contribution in [0.15, 0.2) is 11.6 Å². The molecule has 1 N–H and O–H groups in total. The first-order chi connectivity index (χ1) is 6.88. The summed E-state index contributed by atoms with van der Waals surface area (Å²) in [4.78, 5) is 12.6. The molecule has 0 saturated carbocycles. The van der Waals surface area contributed by atoms with E-state index in [2.05, 4.69) is 0 Å². The van der Waals surface area contributed by atoms with Gasteiger partial charge in [0, 0.05) is 13.1 Å². The van der Waals surface area contributed by atoms with Gasteiger partial charge in [-0.25, -0.2) is 4.79 Å². The standard InChI is InChI=1S/C9H13F3N2O/c1-7-2-4-14(5-3-7)8(15)13-6-9(10,11)12/h2H,3-6H2,1H3,(H,13,15). The van der Waals surface area contributed by atoms with Crippen LogP contribution in [0.3, 0.4) is 0 Å². The summed E-state index contributed by atoms with van der Waals surface area (Å²) >= 11 is 0. The molecule has 6 heteroatoms. The van der Waals surface area contributed by atoms with Crippen molar-refractivity contribution >= 4 is 6.03 Å². The molecule has 3 nitrogen and oxygen atoms in total. The van der Waals surface area contributed by atoms with Crippen LogP contribution >= 0.6 is 0 Å². The molecule has 1 aliphatic heterocycles. The van der Waals surface area contributed by atoms with Gasteiger partial charge in [-0.15, -0.1) is 0 Å². The largest absolute Gasteiger partial charge is 0.405 e. The molecule has 1 rings (SSSR count). The van der Waals surface area contributed by atoms with Gasteiger partial charge < -0.3 is 10.2 Å². The summed E-state index contributed by atoms with van der Waals surface area (Å²) in [6, 6.07) is -0.656. The normalized spacial score (nSPS) is 17.3. The minimum Gasteiger partial charge on any atom is -0.329 e. The van der Waals surface area contributed by atoms with Crippen LogP contribution in [0.1, 0.15) is 13.3 Å². The SMILES string of the molecule is CC1=CCN(C(=O)NCC(F)(F)F)CC1. The van der Waals surface area contributed by atoms with Crippen molar-refractivity contribution in [2.45, 2.75) is 19.5 Å². The topological polar surface area (TPSA) is 32.3 Å². The number of urea groups is 1. The molecule has 0 radical (unpaired) electrons. The Labute approximate surface area is 85.9 Å². The second-order valence-electron chi connectivity index (χ2n) is 3.52. The van der Waals surface area contributed by atoms with E-state index in [4.69, 9.17) is 0 Å². The van der Waals surface area contributed by atoms with Crippen molar-refractivity contribution < 1.29 is 18.0 Å². The predicted octanol–water partition coefficient (Wildman–Crippen LogP) is 1.91. The van der Waals surface area contributed by atoms with E-state index in [0.717, 1.165) is 12.0 Å². The summed E-state index contributed by atoms with van der Waals surface area (Å²) in [5.74, 6) is 0. The zero-order valence-electron chi connectivity index (χ0n) is 8.40. The molecule has 1 heterocycles. The number of hydrogen-bond donors (Lipinski definition) is 1. The van der Waals surface area contributed by atoms with Gasteiger partial charge in [0.1, 0.15) is 6.54 Å². The molecule has 2 amide bonds. The number of rotatable bonds is 1. The van der Waals surface area contributed by atoms with E-state index in [1.54, 1.807) is 0 Å². The third-order valence-electron chi connectivity index (χ3n) is 2.16. The molecule has 0 unspecified atom stereocenters. The quantitative estimate of drug-likeness (QED) is 0.675. The van der Waals surface area contributed by atoms with Gasteiger partial charge in [-0.3, -0.25) is 0 Å². The molecule has 0 aromatic heterocycles. The number of alkyl halides is 3. The first kappa shape index (κ1) is 11.9. The van der Waals surface area contributed by atoms with Crippen LogP contribution in [0.4, 0.5) is 18.0 Å². The molecule has 0 bridgehead atoms. The third kappa shape index (κ3) is 4.22. The lowest BCUT2D eigenvalue weighted by atomic mass is 10.1. The van der Waals surface area contributed by atoms with E-state index in [9.17, 15) is 18.0 Å². The van der Waals surface area contributed by atoms with Crippen molar-refractivity contribution in [2.75, 3.05) is 19.6 Å². The first-order valence-corrected chi connectivity index (χ1v) is 4.63. The second-order valence-corrected chi connectivity index (χ2v) is 3.52. The van der Waals surface area contributed by atoms with Crippen molar-refractivity contribution in [1.82, 2.24) is 10.2 Å². The zero-order chi connectivity index (χ0) is 11.5. The lowest BCUT2D eigenvalue weighted by molar-refractivity contribution is -0.123. The van der Waals surface area contributed by atoms with E-state index < -0.39 is 18.8 Å². The summed E-state index contributed by atoms with van der Waals surface area (Å²) < 4.78 is 35.4. The smallest absolute Gasteiger partial charge is 0.329 e. The number of carbonyl (C=O) groups is 1. The molecule has 1 aliphatic rings. The lowest BCUT2D eigenvalue weighted by Crippen LogP contribution is -2.45. The highest BCUT2D eigenvalue weighted by molar-refractivity contribution is 5.74. The molecule has 15 heavy (non-hydrogen) atoms. The fourth-order valence-electron chi connectivity index (χ4n) is 1.24. The first-order valence-electron chi connectivity index (χ1n) is 4.63. The zero-order valence-corrected chi connectivity index (χ0v) is 8.40. The molecule has 86 valence electrons. The maximum Gasteiger partial charge on any atom is 0.405 e. The van der Waals surface area contributed by atoms with Crippen LogP contribution in [-0.2, 0) is 0 Å².